The highest BCUT2D eigenvalue weighted by atomic mass is 32.1. The second-order valence-corrected chi connectivity index (χ2v) is 1.95. The summed E-state index contributed by atoms with van der Waals surface area (Å²) in [4.78, 5) is 7.74. The van der Waals surface area contributed by atoms with Gasteiger partial charge in [0.15, 0.2) is 0 Å². The summed E-state index contributed by atoms with van der Waals surface area (Å²) in [6.45, 7) is 0. The Kier molecular flexibility index (Phi) is 2.28. The monoisotopic (exact) mass is 154 g/mol. The summed E-state index contributed by atoms with van der Waals surface area (Å²) < 4.78 is 4.77. The van der Waals surface area contributed by atoms with Gasteiger partial charge in [-0.15, -0.1) is 0 Å². The highest BCUT2D eigenvalue weighted by Gasteiger charge is 1.98. The third-order valence-corrected chi connectivity index (χ3v) is 1.33. The van der Waals surface area contributed by atoms with E-state index < -0.39 is 0 Å². The third kappa shape index (κ3) is 1.48. The molecule has 0 N–H and O–H groups in total. The van der Waals surface area contributed by atoms with Crippen LogP contribution in [-0.2, 0) is 4.74 Å². The Balaban J connectivity index is 2.85. The first-order valence-corrected chi connectivity index (χ1v) is 3.09. The average molecular weight is 154 g/mol. The molecule has 52 valence electrons. The predicted molar refractivity (Wildman–Crippen MR) is 40.7 cm³/mol. The largest absolute Gasteiger partial charge is 0.485 e. The third-order valence-electron chi connectivity index (χ3n) is 0.958. The van der Waals surface area contributed by atoms with Gasteiger partial charge in [-0.3, -0.25) is 4.98 Å². The summed E-state index contributed by atoms with van der Waals surface area (Å²) in [6, 6.07) is 0. The van der Waals surface area contributed by atoms with Crippen LogP contribution in [0.1, 0.15) is 5.69 Å². The first-order valence-electron chi connectivity index (χ1n) is 2.69. The number of rotatable bonds is 1. The van der Waals surface area contributed by atoms with Gasteiger partial charge in [0, 0.05) is 12.4 Å². The summed E-state index contributed by atoms with van der Waals surface area (Å²) in [5.74, 6) is 0. The van der Waals surface area contributed by atoms with Crippen LogP contribution in [0.3, 0.4) is 0 Å². The topological polar surface area (TPSA) is 35.0 Å². The Bertz CT molecular complexity index is 224. The molecule has 0 unspecified atom stereocenters. The maximum absolute atomic E-state index is 4.80. The standard InChI is InChI=1S/C6H6N2OS/c1-9-6(10)5-4-7-2-3-8-5/h2-4H,1H3. The summed E-state index contributed by atoms with van der Waals surface area (Å²) in [5.41, 5.74) is 0.597. The molecule has 1 aromatic heterocycles. The second kappa shape index (κ2) is 3.22. The zero-order valence-electron chi connectivity index (χ0n) is 5.44. The van der Waals surface area contributed by atoms with E-state index in [1.165, 1.54) is 7.11 Å². The number of hydrogen-bond acceptors (Lipinski definition) is 4. The van der Waals surface area contributed by atoms with E-state index in [4.69, 9.17) is 17.0 Å². The Hall–Kier alpha value is -1.03. The summed E-state index contributed by atoms with van der Waals surface area (Å²) >= 11 is 4.80. The number of methoxy groups -OCH3 is 1. The molecule has 0 aliphatic rings. The highest BCUT2D eigenvalue weighted by Crippen LogP contribution is 1.93. The lowest BCUT2D eigenvalue weighted by Gasteiger charge is -1.97. The van der Waals surface area contributed by atoms with Gasteiger partial charge in [0.05, 0.1) is 13.3 Å². The van der Waals surface area contributed by atoms with Gasteiger partial charge in [0.2, 0.25) is 5.05 Å². The molecule has 0 saturated heterocycles. The molecule has 1 heterocycles. The summed E-state index contributed by atoms with van der Waals surface area (Å²) in [5, 5.41) is 0.369. The van der Waals surface area contributed by atoms with E-state index in [2.05, 4.69) is 9.97 Å². The van der Waals surface area contributed by atoms with Gasteiger partial charge >= 0.3 is 0 Å². The average Bonchev–Trinajstić information content (AvgIpc) is 2.05. The lowest BCUT2D eigenvalue weighted by atomic mass is 10.5. The van der Waals surface area contributed by atoms with E-state index in [1.54, 1.807) is 18.6 Å². The van der Waals surface area contributed by atoms with Crippen LogP contribution in [-0.4, -0.2) is 22.1 Å². The normalized spacial score (nSPS) is 8.90. The van der Waals surface area contributed by atoms with Gasteiger partial charge in [0.25, 0.3) is 0 Å². The maximum Gasteiger partial charge on any atom is 0.211 e. The van der Waals surface area contributed by atoms with E-state index in [9.17, 15) is 0 Å². The van der Waals surface area contributed by atoms with Crippen molar-refractivity contribution in [2.24, 2.45) is 0 Å². The first-order chi connectivity index (χ1) is 4.84. The van der Waals surface area contributed by atoms with Crippen LogP contribution < -0.4 is 0 Å². The van der Waals surface area contributed by atoms with Gasteiger partial charge in [-0.1, -0.05) is 0 Å². The van der Waals surface area contributed by atoms with Crippen LogP contribution in [0.15, 0.2) is 18.6 Å². The van der Waals surface area contributed by atoms with Gasteiger partial charge in [-0.05, 0) is 12.2 Å². The second-order valence-electron chi connectivity index (χ2n) is 1.58. The van der Waals surface area contributed by atoms with Crippen LogP contribution >= 0.6 is 12.2 Å². The fourth-order valence-electron chi connectivity index (χ4n) is 0.509. The molecule has 0 aliphatic carbocycles. The predicted octanol–water partition coefficient (Wildman–Crippen LogP) is 0.798. The number of ether oxygens (including phenoxy) is 1. The molecule has 0 fully saturated rings. The van der Waals surface area contributed by atoms with Crippen molar-refractivity contribution < 1.29 is 4.74 Å². The van der Waals surface area contributed by atoms with Crippen molar-refractivity contribution in [1.29, 1.82) is 0 Å². The molecular weight excluding hydrogens is 148 g/mol. The maximum atomic E-state index is 4.80. The molecule has 0 radical (unpaired) electrons. The zero-order valence-corrected chi connectivity index (χ0v) is 6.26. The van der Waals surface area contributed by atoms with Crippen molar-refractivity contribution in [3.05, 3.63) is 24.3 Å². The molecule has 0 aliphatic heterocycles. The Morgan fingerprint density at radius 3 is 2.90 bits per heavy atom. The lowest BCUT2D eigenvalue weighted by molar-refractivity contribution is 0.414. The first kappa shape index (κ1) is 7.08. The number of hydrogen-bond donors (Lipinski definition) is 0. The molecule has 0 saturated carbocycles. The van der Waals surface area contributed by atoms with Gasteiger partial charge in [-0.2, -0.15) is 0 Å². The van der Waals surface area contributed by atoms with Crippen molar-refractivity contribution in [3.8, 4) is 0 Å². The van der Waals surface area contributed by atoms with Crippen molar-refractivity contribution >= 4 is 17.3 Å². The zero-order chi connectivity index (χ0) is 7.40. The van der Waals surface area contributed by atoms with Gasteiger partial charge in [-0.25, -0.2) is 4.98 Å². The molecule has 0 aromatic carbocycles. The van der Waals surface area contributed by atoms with Crippen molar-refractivity contribution in [1.82, 2.24) is 9.97 Å². The van der Waals surface area contributed by atoms with E-state index in [1.807, 2.05) is 0 Å². The molecule has 0 atom stereocenters. The Labute approximate surface area is 64.1 Å². The van der Waals surface area contributed by atoms with Crippen molar-refractivity contribution in [2.75, 3.05) is 7.11 Å². The smallest absolute Gasteiger partial charge is 0.211 e. The molecule has 4 heteroatoms. The van der Waals surface area contributed by atoms with E-state index in [0.717, 1.165) is 0 Å². The quantitative estimate of drug-likeness (QED) is 0.560. The van der Waals surface area contributed by atoms with Crippen LogP contribution in [0, 0.1) is 0 Å². The molecule has 10 heavy (non-hydrogen) atoms. The van der Waals surface area contributed by atoms with Crippen LogP contribution in [0.25, 0.3) is 0 Å². The molecule has 1 aromatic rings. The summed E-state index contributed by atoms with van der Waals surface area (Å²) in [7, 11) is 1.51. The van der Waals surface area contributed by atoms with Crippen molar-refractivity contribution in [2.45, 2.75) is 0 Å². The fraction of sp³-hybridized carbons (Fsp3) is 0.167. The Morgan fingerprint density at radius 1 is 1.60 bits per heavy atom. The number of thiocarbonyl (C=S) groups is 1. The van der Waals surface area contributed by atoms with Crippen LogP contribution in [0.4, 0.5) is 0 Å². The molecule has 3 nitrogen and oxygen atoms in total. The molecule has 0 spiro atoms. The van der Waals surface area contributed by atoms with E-state index >= 15 is 0 Å². The molecule has 1 rings (SSSR count). The minimum atomic E-state index is 0.369. The number of aromatic nitrogens is 2. The van der Waals surface area contributed by atoms with Gasteiger partial charge < -0.3 is 4.74 Å². The molecule has 0 amide bonds. The SMILES string of the molecule is COC(=S)c1cnccn1. The number of nitrogens with zero attached hydrogens (tertiary/aromatic N) is 2. The minimum absolute atomic E-state index is 0.369. The Morgan fingerprint density at radius 2 is 2.40 bits per heavy atom. The summed E-state index contributed by atoms with van der Waals surface area (Å²) in [6.07, 6.45) is 4.72. The lowest BCUT2D eigenvalue weighted by Crippen LogP contribution is -2.02. The highest BCUT2D eigenvalue weighted by molar-refractivity contribution is 7.80. The fourth-order valence-corrected chi connectivity index (χ4v) is 0.614. The van der Waals surface area contributed by atoms with E-state index in [-0.39, 0.29) is 0 Å². The molecular formula is C6H6N2OS. The van der Waals surface area contributed by atoms with Gasteiger partial charge in [0.1, 0.15) is 5.69 Å². The van der Waals surface area contributed by atoms with Crippen LogP contribution in [0.5, 0.6) is 0 Å². The molecule has 0 bridgehead atoms. The van der Waals surface area contributed by atoms with Crippen molar-refractivity contribution in [3.63, 3.8) is 0 Å². The van der Waals surface area contributed by atoms with Crippen LogP contribution in [0.2, 0.25) is 0 Å². The minimum Gasteiger partial charge on any atom is -0.485 e. The van der Waals surface area contributed by atoms with E-state index in [0.29, 0.717) is 10.7 Å².